The third kappa shape index (κ3) is 3.91. The molecule has 7 nitrogen and oxygen atoms in total. The third-order valence-electron chi connectivity index (χ3n) is 6.07. The Morgan fingerprint density at radius 2 is 1.67 bits per heavy atom. The molecule has 0 bridgehead atoms. The summed E-state index contributed by atoms with van der Waals surface area (Å²) in [5.41, 5.74) is 3.01. The maximum Gasteiger partial charge on any atom is 0.332 e. The number of fused-ring (bicyclic) bond motifs is 1. The minimum Gasteiger partial charge on any atom is -0.344 e. The van der Waals surface area contributed by atoms with Crippen molar-refractivity contribution < 1.29 is 4.79 Å². The molecular weight excluding hydrogens is 436 g/mol. The zero-order chi connectivity index (χ0) is 23.9. The Hall–Kier alpha value is -3.52. The number of rotatable bonds is 4. The van der Waals surface area contributed by atoms with Crippen molar-refractivity contribution in [2.45, 2.75) is 24.7 Å². The average Bonchev–Trinajstić information content (AvgIpc) is 2.82. The summed E-state index contributed by atoms with van der Waals surface area (Å²) in [4.78, 5) is 40.6. The highest BCUT2D eigenvalue weighted by Crippen LogP contribution is 2.40. The Kier molecular flexibility index (Phi) is 6.03. The standard InChI is InChI=1S/C25H26N4O3S/c1-14-8-6-7-9-18(14)27-23(30)19-15(2)26-22-21(24(31)29(4)25(32)28(22)3)20(19)16-10-12-17(33-5)13-11-16/h6-13,20,26H,1-5H3,(H,27,30)/t20-/m0/s1. The van der Waals surface area contributed by atoms with Gasteiger partial charge in [-0.15, -0.1) is 11.8 Å². The van der Waals surface area contributed by atoms with Gasteiger partial charge in [0.2, 0.25) is 0 Å². The van der Waals surface area contributed by atoms with E-state index in [1.165, 1.54) is 11.6 Å². The van der Waals surface area contributed by atoms with E-state index in [0.717, 1.165) is 20.6 Å². The maximum atomic E-state index is 13.6. The fraction of sp³-hybridized carbons (Fsp3) is 0.240. The highest BCUT2D eigenvalue weighted by Gasteiger charge is 2.36. The van der Waals surface area contributed by atoms with Gasteiger partial charge in [0.05, 0.1) is 11.5 Å². The van der Waals surface area contributed by atoms with Crippen molar-refractivity contribution in [1.29, 1.82) is 0 Å². The Bertz CT molecular complexity index is 1400. The molecule has 1 atom stereocenters. The number of anilines is 2. The van der Waals surface area contributed by atoms with Gasteiger partial charge < -0.3 is 10.6 Å². The van der Waals surface area contributed by atoms with Crippen LogP contribution in [0.1, 0.15) is 29.5 Å². The van der Waals surface area contributed by atoms with Crippen LogP contribution in [-0.2, 0) is 18.9 Å². The second kappa shape index (κ2) is 8.78. The van der Waals surface area contributed by atoms with Crippen molar-refractivity contribution in [3.8, 4) is 0 Å². The monoisotopic (exact) mass is 462 g/mol. The summed E-state index contributed by atoms with van der Waals surface area (Å²) in [7, 11) is 3.07. The van der Waals surface area contributed by atoms with Crippen molar-refractivity contribution in [1.82, 2.24) is 9.13 Å². The number of hydrogen-bond acceptors (Lipinski definition) is 5. The minimum atomic E-state index is -0.633. The van der Waals surface area contributed by atoms with Crippen LogP contribution in [-0.4, -0.2) is 21.3 Å². The third-order valence-corrected chi connectivity index (χ3v) is 6.82. The van der Waals surface area contributed by atoms with E-state index in [-0.39, 0.29) is 5.91 Å². The van der Waals surface area contributed by atoms with Crippen LogP contribution in [0.4, 0.5) is 11.5 Å². The Labute approximate surface area is 196 Å². The van der Waals surface area contributed by atoms with E-state index >= 15 is 0 Å². The van der Waals surface area contributed by atoms with E-state index in [9.17, 15) is 14.4 Å². The molecule has 0 saturated heterocycles. The summed E-state index contributed by atoms with van der Waals surface area (Å²) in [6.07, 6.45) is 1.99. The Morgan fingerprint density at radius 1 is 1.00 bits per heavy atom. The summed E-state index contributed by atoms with van der Waals surface area (Å²) >= 11 is 1.62. The maximum absolute atomic E-state index is 13.6. The largest absolute Gasteiger partial charge is 0.344 e. The first-order valence-corrected chi connectivity index (χ1v) is 11.8. The molecule has 4 rings (SSSR count). The molecule has 1 aliphatic heterocycles. The topological polar surface area (TPSA) is 85.1 Å². The van der Waals surface area contributed by atoms with Gasteiger partial charge in [0.25, 0.3) is 11.5 Å². The lowest BCUT2D eigenvalue weighted by Crippen LogP contribution is -2.43. The molecule has 1 aliphatic rings. The van der Waals surface area contributed by atoms with Crippen LogP contribution < -0.4 is 21.9 Å². The number of nitrogens with one attached hydrogen (secondary N) is 2. The minimum absolute atomic E-state index is 0.296. The zero-order valence-electron chi connectivity index (χ0n) is 19.2. The van der Waals surface area contributed by atoms with E-state index < -0.39 is 17.2 Å². The van der Waals surface area contributed by atoms with E-state index in [0.29, 0.717) is 28.3 Å². The summed E-state index contributed by atoms with van der Waals surface area (Å²) in [5.74, 6) is -0.520. The van der Waals surface area contributed by atoms with Gasteiger partial charge in [0.1, 0.15) is 5.82 Å². The molecule has 0 spiro atoms. The molecule has 3 aromatic rings. The van der Waals surface area contributed by atoms with Gasteiger partial charge in [-0.3, -0.25) is 18.7 Å². The fourth-order valence-corrected chi connectivity index (χ4v) is 4.63. The van der Waals surface area contributed by atoms with Crippen LogP contribution in [0, 0.1) is 6.92 Å². The van der Waals surface area contributed by atoms with Gasteiger partial charge in [0, 0.05) is 35.9 Å². The molecule has 1 amide bonds. The van der Waals surface area contributed by atoms with Crippen molar-refractivity contribution >= 4 is 29.2 Å². The quantitative estimate of drug-likeness (QED) is 0.579. The number of benzene rings is 2. The number of hydrogen-bond donors (Lipinski definition) is 2. The van der Waals surface area contributed by atoms with E-state index in [1.54, 1.807) is 25.7 Å². The first-order valence-electron chi connectivity index (χ1n) is 10.5. The Balaban J connectivity index is 1.94. The molecule has 33 heavy (non-hydrogen) atoms. The lowest BCUT2D eigenvalue weighted by molar-refractivity contribution is -0.113. The lowest BCUT2D eigenvalue weighted by atomic mass is 9.81. The molecule has 0 fully saturated rings. The molecule has 0 radical (unpaired) electrons. The smallest absolute Gasteiger partial charge is 0.332 e. The van der Waals surface area contributed by atoms with Gasteiger partial charge in [-0.25, -0.2) is 4.79 Å². The van der Waals surface area contributed by atoms with E-state index in [4.69, 9.17) is 0 Å². The number of carbonyl (C=O) groups is 1. The molecule has 2 heterocycles. The average molecular weight is 463 g/mol. The van der Waals surface area contributed by atoms with Crippen molar-refractivity contribution in [2.75, 3.05) is 16.9 Å². The number of allylic oxidation sites excluding steroid dienone is 1. The number of carbonyl (C=O) groups excluding carboxylic acids is 1. The normalized spacial score (nSPS) is 15.1. The first kappa shape index (κ1) is 22.7. The molecule has 1 aromatic heterocycles. The van der Waals surface area contributed by atoms with Gasteiger partial charge in [-0.2, -0.15) is 0 Å². The van der Waals surface area contributed by atoms with Crippen LogP contribution in [0.25, 0.3) is 0 Å². The summed E-state index contributed by atoms with van der Waals surface area (Å²) in [6.45, 7) is 3.72. The number of nitrogens with zero attached hydrogens (tertiary/aromatic N) is 2. The van der Waals surface area contributed by atoms with Crippen molar-refractivity contribution in [3.63, 3.8) is 0 Å². The number of aromatic nitrogens is 2. The van der Waals surface area contributed by atoms with E-state index in [2.05, 4.69) is 10.6 Å². The van der Waals surface area contributed by atoms with Gasteiger partial charge >= 0.3 is 5.69 Å². The summed E-state index contributed by atoms with van der Waals surface area (Å²) in [5, 5.41) is 6.16. The summed E-state index contributed by atoms with van der Waals surface area (Å²) in [6, 6.07) is 15.4. The zero-order valence-corrected chi connectivity index (χ0v) is 20.0. The van der Waals surface area contributed by atoms with Gasteiger partial charge in [-0.1, -0.05) is 30.3 Å². The van der Waals surface area contributed by atoms with Crippen molar-refractivity contribution in [3.05, 3.63) is 97.3 Å². The molecule has 2 aromatic carbocycles. The number of para-hydroxylation sites is 1. The highest BCUT2D eigenvalue weighted by molar-refractivity contribution is 7.98. The molecule has 8 heteroatoms. The van der Waals surface area contributed by atoms with Gasteiger partial charge in [0.15, 0.2) is 0 Å². The second-order valence-electron chi connectivity index (χ2n) is 8.11. The molecule has 2 N–H and O–H groups in total. The molecule has 170 valence electrons. The van der Waals surface area contributed by atoms with E-state index in [1.807, 2.05) is 61.7 Å². The molecule has 0 aliphatic carbocycles. The summed E-state index contributed by atoms with van der Waals surface area (Å²) < 4.78 is 2.50. The van der Waals surface area contributed by atoms with Crippen molar-refractivity contribution in [2.24, 2.45) is 14.1 Å². The number of aryl methyl sites for hydroxylation is 1. The molecule has 0 unspecified atom stereocenters. The lowest BCUT2D eigenvalue weighted by Gasteiger charge is -2.31. The van der Waals surface area contributed by atoms with Crippen LogP contribution in [0.15, 0.2) is 74.3 Å². The molecule has 0 saturated carbocycles. The van der Waals surface area contributed by atoms with Crippen LogP contribution in [0.2, 0.25) is 0 Å². The number of amides is 1. The van der Waals surface area contributed by atoms with Gasteiger partial charge in [-0.05, 0) is 49.4 Å². The first-order chi connectivity index (χ1) is 15.7. The predicted octanol–water partition coefficient (Wildman–Crippen LogP) is 3.58. The van der Waals surface area contributed by atoms with Crippen LogP contribution in [0.5, 0.6) is 0 Å². The van der Waals surface area contributed by atoms with Crippen LogP contribution in [0.3, 0.4) is 0 Å². The fourth-order valence-electron chi connectivity index (χ4n) is 4.22. The van der Waals surface area contributed by atoms with Crippen LogP contribution >= 0.6 is 11.8 Å². The predicted molar refractivity (Wildman–Crippen MR) is 133 cm³/mol. The second-order valence-corrected chi connectivity index (χ2v) is 8.99. The highest BCUT2D eigenvalue weighted by atomic mass is 32.2. The molecular formula is C25H26N4O3S. The Morgan fingerprint density at radius 3 is 2.30 bits per heavy atom. The number of thioether (sulfide) groups is 1. The SMILES string of the molecule is CSc1ccc([C@H]2C(C(=O)Nc3ccccc3C)=C(C)Nc3c2c(=O)n(C)c(=O)n3C)cc1.